The van der Waals surface area contributed by atoms with Gasteiger partial charge in [0, 0.05) is 38.2 Å². The van der Waals surface area contributed by atoms with Crippen LogP contribution in [0.2, 0.25) is 0 Å². The molecule has 1 unspecified atom stereocenters. The van der Waals surface area contributed by atoms with Gasteiger partial charge in [0.1, 0.15) is 6.10 Å². The monoisotopic (exact) mass is 291 g/mol. The molecule has 0 bridgehead atoms. The van der Waals surface area contributed by atoms with Crippen LogP contribution in [0.25, 0.3) is 0 Å². The Hall–Kier alpha value is -2.11. The van der Waals surface area contributed by atoms with Gasteiger partial charge in [0.2, 0.25) is 11.8 Å². The summed E-state index contributed by atoms with van der Waals surface area (Å²) in [5, 5.41) is 2.72. The number of nitrogens with one attached hydrogen (secondary N) is 1. The third-order valence-corrected chi connectivity index (χ3v) is 3.42. The van der Waals surface area contributed by atoms with Crippen molar-refractivity contribution in [2.75, 3.05) is 19.6 Å². The van der Waals surface area contributed by atoms with Crippen LogP contribution in [0.15, 0.2) is 18.3 Å². The Morgan fingerprint density at radius 1 is 1.43 bits per heavy atom. The number of aromatic nitrogens is 1. The Balaban J connectivity index is 1.89. The van der Waals surface area contributed by atoms with E-state index in [0.29, 0.717) is 31.0 Å². The summed E-state index contributed by atoms with van der Waals surface area (Å²) in [5.74, 6) is 0.497. The van der Waals surface area contributed by atoms with Crippen LogP contribution in [0.3, 0.4) is 0 Å². The van der Waals surface area contributed by atoms with Gasteiger partial charge < -0.3 is 15.0 Å². The minimum absolute atomic E-state index is 0.0247. The molecule has 6 nitrogen and oxygen atoms in total. The average Bonchev–Trinajstić information content (AvgIpc) is 2.96. The average molecular weight is 291 g/mol. The van der Waals surface area contributed by atoms with Crippen LogP contribution in [0, 0.1) is 0 Å². The Kier molecular flexibility index (Phi) is 5.14. The number of likely N-dealkylation sites (tertiary alicyclic amines) is 1. The second kappa shape index (κ2) is 7.06. The standard InChI is InChI=1S/C15H21N3O3/c1-3-14(19)18-8-7-12(10-18)21-13-6-5-11(9-17-13)15(20)16-4-2/h5-6,9,12H,3-4,7-8,10H2,1-2H3,(H,16,20). The molecular weight excluding hydrogens is 270 g/mol. The smallest absolute Gasteiger partial charge is 0.252 e. The van der Waals surface area contributed by atoms with Crippen molar-refractivity contribution in [3.8, 4) is 5.88 Å². The summed E-state index contributed by atoms with van der Waals surface area (Å²) in [6.45, 7) is 5.64. The van der Waals surface area contributed by atoms with Crippen molar-refractivity contribution in [1.29, 1.82) is 0 Å². The highest BCUT2D eigenvalue weighted by atomic mass is 16.5. The molecule has 1 aliphatic heterocycles. The highest BCUT2D eigenvalue weighted by Crippen LogP contribution is 2.17. The van der Waals surface area contributed by atoms with E-state index in [0.717, 1.165) is 13.0 Å². The summed E-state index contributed by atoms with van der Waals surface area (Å²) < 4.78 is 5.76. The number of hydrogen-bond acceptors (Lipinski definition) is 4. The highest BCUT2D eigenvalue weighted by molar-refractivity contribution is 5.93. The number of ether oxygens (including phenoxy) is 1. The van der Waals surface area contributed by atoms with Gasteiger partial charge in [0.25, 0.3) is 5.91 Å². The number of rotatable bonds is 5. The molecule has 1 atom stereocenters. The largest absolute Gasteiger partial charge is 0.472 e. The number of carbonyl (C=O) groups is 2. The van der Waals surface area contributed by atoms with Crippen LogP contribution in [0.1, 0.15) is 37.0 Å². The van der Waals surface area contributed by atoms with Crippen LogP contribution in [-0.2, 0) is 4.79 Å². The predicted octanol–water partition coefficient (Wildman–Crippen LogP) is 1.22. The van der Waals surface area contributed by atoms with Crippen molar-refractivity contribution in [3.05, 3.63) is 23.9 Å². The topological polar surface area (TPSA) is 71.5 Å². The van der Waals surface area contributed by atoms with Crippen LogP contribution < -0.4 is 10.1 Å². The van der Waals surface area contributed by atoms with Gasteiger partial charge in [-0.2, -0.15) is 0 Å². The van der Waals surface area contributed by atoms with E-state index >= 15 is 0 Å². The summed E-state index contributed by atoms with van der Waals surface area (Å²) in [7, 11) is 0. The Morgan fingerprint density at radius 3 is 2.86 bits per heavy atom. The molecule has 1 saturated heterocycles. The number of amides is 2. The lowest BCUT2D eigenvalue weighted by molar-refractivity contribution is -0.130. The quantitative estimate of drug-likeness (QED) is 0.885. The molecular formula is C15H21N3O3. The molecule has 0 aliphatic carbocycles. The molecule has 114 valence electrons. The van der Waals surface area contributed by atoms with Gasteiger partial charge in [-0.1, -0.05) is 6.92 Å². The summed E-state index contributed by atoms with van der Waals surface area (Å²) in [5.41, 5.74) is 0.512. The first-order chi connectivity index (χ1) is 10.1. The maximum atomic E-state index is 11.6. The van der Waals surface area contributed by atoms with E-state index in [1.54, 1.807) is 12.1 Å². The minimum atomic E-state index is -0.142. The van der Waals surface area contributed by atoms with Gasteiger partial charge in [-0.15, -0.1) is 0 Å². The molecule has 21 heavy (non-hydrogen) atoms. The van der Waals surface area contributed by atoms with E-state index in [2.05, 4.69) is 10.3 Å². The summed E-state index contributed by atoms with van der Waals surface area (Å²) in [4.78, 5) is 29.2. The summed E-state index contributed by atoms with van der Waals surface area (Å²) in [6, 6.07) is 3.38. The molecule has 2 amide bonds. The first kappa shape index (κ1) is 15.3. The molecule has 1 N–H and O–H groups in total. The Labute approximate surface area is 124 Å². The molecule has 2 rings (SSSR count). The molecule has 0 spiro atoms. The van der Waals surface area contributed by atoms with Gasteiger partial charge in [0.05, 0.1) is 12.1 Å². The van der Waals surface area contributed by atoms with Crippen molar-refractivity contribution in [2.45, 2.75) is 32.8 Å². The van der Waals surface area contributed by atoms with Crippen LogP contribution >= 0.6 is 0 Å². The van der Waals surface area contributed by atoms with E-state index in [-0.39, 0.29) is 17.9 Å². The molecule has 1 aromatic rings. The zero-order chi connectivity index (χ0) is 15.2. The highest BCUT2D eigenvalue weighted by Gasteiger charge is 2.26. The van der Waals surface area contributed by atoms with Crippen molar-refractivity contribution >= 4 is 11.8 Å². The van der Waals surface area contributed by atoms with Crippen molar-refractivity contribution in [1.82, 2.24) is 15.2 Å². The van der Waals surface area contributed by atoms with Gasteiger partial charge in [-0.3, -0.25) is 9.59 Å². The molecule has 0 saturated carbocycles. The molecule has 2 heterocycles. The maximum Gasteiger partial charge on any atom is 0.252 e. The normalized spacial score (nSPS) is 17.6. The van der Waals surface area contributed by atoms with Gasteiger partial charge in [-0.05, 0) is 13.0 Å². The van der Waals surface area contributed by atoms with Gasteiger partial charge >= 0.3 is 0 Å². The Bertz CT molecular complexity index is 501. The van der Waals surface area contributed by atoms with Gasteiger partial charge in [0.15, 0.2) is 0 Å². The number of pyridine rings is 1. The second-order valence-corrected chi connectivity index (χ2v) is 4.97. The van der Waals surface area contributed by atoms with E-state index in [1.807, 2.05) is 18.7 Å². The van der Waals surface area contributed by atoms with E-state index in [4.69, 9.17) is 4.74 Å². The fourth-order valence-electron chi connectivity index (χ4n) is 2.29. The number of carbonyl (C=O) groups excluding carboxylic acids is 2. The zero-order valence-corrected chi connectivity index (χ0v) is 12.5. The molecule has 6 heteroatoms. The van der Waals surface area contributed by atoms with Crippen molar-refractivity contribution in [3.63, 3.8) is 0 Å². The van der Waals surface area contributed by atoms with Crippen molar-refractivity contribution < 1.29 is 14.3 Å². The van der Waals surface area contributed by atoms with Gasteiger partial charge in [-0.25, -0.2) is 4.98 Å². The number of hydrogen-bond donors (Lipinski definition) is 1. The third kappa shape index (κ3) is 3.93. The van der Waals surface area contributed by atoms with E-state index in [9.17, 15) is 9.59 Å². The second-order valence-electron chi connectivity index (χ2n) is 4.97. The first-order valence-electron chi connectivity index (χ1n) is 7.32. The van der Waals surface area contributed by atoms with Crippen LogP contribution in [0.4, 0.5) is 0 Å². The molecule has 1 fully saturated rings. The summed E-state index contributed by atoms with van der Waals surface area (Å²) >= 11 is 0. The first-order valence-corrected chi connectivity index (χ1v) is 7.32. The predicted molar refractivity (Wildman–Crippen MR) is 78.1 cm³/mol. The maximum absolute atomic E-state index is 11.6. The lowest BCUT2D eigenvalue weighted by atomic mass is 10.2. The number of nitrogens with zero attached hydrogens (tertiary/aromatic N) is 2. The fourth-order valence-corrected chi connectivity index (χ4v) is 2.29. The lowest BCUT2D eigenvalue weighted by Crippen LogP contribution is -2.30. The molecule has 0 radical (unpaired) electrons. The molecule has 1 aliphatic rings. The van der Waals surface area contributed by atoms with Crippen molar-refractivity contribution in [2.24, 2.45) is 0 Å². The fraction of sp³-hybridized carbons (Fsp3) is 0.533. The van der Waals surface area contributed by atoms with Crippen LogP contribution in [-0.4, -0.2) is 47.4 Å². The third-order valence-electron chi connectivity index (χ3n) is 3.42. The molecule has 0 aromatic carbocycles. The lowest BCUT2D eigenvalue weighted by Gasteiger charge is -2.16. The SMILES string of the molecule is CCNC(=O)c1ccc(OC2CCN(C(=O)CC)C2)nc1. The summed E-state index contributed by atoms with van der Waals surface area (Å²) in [6.07, 6.45) is 2.81. The zero-order valence-electron chi connectivity index (χ0n) is 12.5. The Morgan fingerprint density at radius 2 is 2.24 bits per heavy atom. The van der Waals surface area contributed by atoms with Crippen LogP contribution in [0.5, 0.6) is 5.88 Å². The molecule has 1 aromatic heterocycles. The van der Waals surface area contributed by atoms with E-state index in [1.165, 1.54) is 6.20 Å². The van der Waals surface area contributed by atoms with E-state index < -0.39 is 0 Å². The minimum Gasteiger partial charge on any atom is -0.472 e.